The van der Waals surface area contributed by atoms with E-state index in [0.717, 1.165) is 0 Å². The molecule has 0 radical (unpaired) electrons. The molecule has 1 aliphatic rings. The highest BCUT2D eigenvalue weighted by Gasteiger charge is 2.47. The number of ketones is 1. The number of carbonyl (C=O) groups excluding carboxylic acids is 1. The molecule has 5 unspecified atom stereocenters. The second-order valence-electron chi connectivity index (χ2n) is 5.48. The van der Waals surface area contributed by atoms with Crippen LogP contribution in [0.15, 0.2) is 0 Å². The van der Waals surface area contributed by atoms with E-state index in [9.17, 15) is 23.1 Å². The van der Waals surface area contributed by atoms with Crippen molar-refractivity contribution in [1.82, 2.24) is 10.6 Å². The maximum absolute atomic E-state index is 12.9. The second-order valence-corrected chi connectivity index (χ2v) is 5.48. The van der Waals surface area contributed by atoms with Gasteiger partial charge in [0, 0.05) is 18.5 Å². The highest BCUT2D eigenvalue weighted by Crippen LogP contribution is 2.32. The van der Waals surface area contributed by atoms with Gasteiger partial charge < -0.3 is 16.2 Å². The number of nitrogens with one attached hydrogen (secondary N) is 2. The zero-order valence-corrected chi connectivity index (χ0v) is 13.1. The van der Waals surface area contributed by atoms with E-state index in [1.54, 1.807) is 0 Å². The Hall–Kier alpha value is -0.780. The van der Waals surface area contributed by atoms with E-state index in [0.29, 0.717) is 0 Å². The molecule has 0 spiro atoms. The lowest BCUT2D eigenvalue weighted by atomic mass is 9.79. The molecule has 1 saturated heterocycles. The number of hydrogen-bond acceptors (Lipinski definition) is 7. The number of piperidine rings is 1. The molecule has 1 rings (SSSR count). The number of rotatable bonds is 8. The number of nitrogens with two attached hydrogens (primary N) is 1. The van der Waals surface area contributed by atoms with Gasteiger partial charge in [0.2, 0.25) is 0 Å². The standard InChI is InChI=1S/C13H24F3N3O4/c1-18-12(21)8(5-17)11(20)7-3-4-10(13(14,15)16)19-9(7)6-23-22-2/h7-10,12,18-19,21H,3-6,17H2,1-2H3. The van der Waals surface area contributed by atoms with Gasteiger partial charge in [0.1, 0.15) is 18.1 Å². The van der Waals surface area contributed by atoms with Crippen LogP contribution in [-0.4, -0.2) is 62.7 Å². The minimum absolute atomic E-state index is 0.0285. The zero-order valence-electron chi connectivity index (χ0n) is 13.1. The number of hydrogen-bond donors (Lipinski definition) is 4. The topological polar surface area (TPSA) is 106 Å². The molecule has 0 bridgehead atoms. The third kappa shape index (κ3) is 5.37. The third-order valence-corrected chi connectivity index (χ3v) is 4.09. The van der Waals surface area contributed by atoms with E-state index in [4.69, 9.17) is 10.6 Å². The fourth-order valence-corrected chi connectivity index (χ4v) is 2.79. The summed E-state index contributed by atoms with van der Waals surface area (Å²) in [6.07, 6.45) is -5.76. The van der Waals surface area contributed by atoms with Gasteiger partial charge in [-0.15, -0.1) is 0 Å². The molecule has 7 nitrogen and oxygen atoms in total. The van der Waals surface area contributed by atoms with Crippen LogP contribution >= 0.6 is 0 Å². The molecule has 0 aromatic heterocycles. The molecule has 0 aromatic rings. The molecule has 136 valence electrons. The van der Waals surface area contributed by atoms with Gasteiger partial charge in [-0.1, -0.05) is 0 Å². The maximum Gasteiger partial charge on any atom is 0.403 e. The van der Waals surface area contributed by atoms with Crippen LogP contribution in [0.5, 0.6) is 0 Å². The Bertz CT molecular complexity index is 384. The van der Waals surface area contributed by atoms with Gasteiger partial charge >= 0.3 is 6.18 Å². The van der Waals surface area contributed by atoms with Crippen LogP contribution in [-0.2, 0) is 14.6 Å². The van der Waals surface area contributed by atoms with Gasteiger partial charge in [0.15, 0.2) is 0 Å². The van der Waals surface area contributed by atoms with Gasteiger partial charge in [-0.2, -0.15) is 13.2 Å². The van der Waals surface area contributed by atoms with Gasteiger partial charge in [-0.3, -0.25) is 10.1 Å². The average Bonchev–Trinajstić information content (AvgIpc) is 2.51. The van der Waals surface area contributed by atoms with Crippen LogP contribution in [0.1, 0.15) is 12.8 Å². The van der Waals surface area contributed by atoms with Crippen LogP contribution < -0.4 is 16.4 Å². The molecule has 0 saturated carbocycles. The monoisotopic (exact) mass is 343 g/mol. The average molecular weight is 343 g/mol. The predicted molar refractivity (Wildman–Crippen MR) is 75.1 cm³/mol. The number of aliphatic hydroxyl groups excluding tert-OH is 1. The molecule has 0 aliphatic carbocycles. The molecule has 23 heavy (non-hydrogen) atoms. The van der Waals surface area contributed by atoms with Crippen LogP contribution in [0.25, 0.3) is 0 Å². The van der Waals surface area contributed by atoms with Crippen molar-refractivity contribution in [3.8, 4) is 0 Å². The summed E-state index contributed by atoms with van der Waals surface area (Å²) in [6.45, 7) is -0.329. The largest absolute Gasteiger partial charge is 0.403 e. The van der Waals surface area contributed by atoms with Crippen molar-refractivity contribution in [2.45, 2.75) is 37.3 Å². The van der Waals surface area contributed by atoms with Gasteiger partial charge in [-0.25, -0.2) is 9.78 Å². The fourth-order valence-electron chi connectivity index (χ4n) is 2.79. The lowest BCUT2D eigenvalue weighted by molar-refractivity contribution is -0.280. The summed E-state index contributed by atoms with van der Waals surface area (Å²) in [4.78, 5) is 21.7. The van der Waals surface area contributed by atoms with Gasteiger partial charge in [0.05, 0.1) is 19.6 Å². The van der Waals surface area contributed by atoms with Crippen molar-refractivity contribution in [2.24, 2.45) is 17.6 Å². The second kappa shape index (κ2) is 8.90. The summed E-state index contributed by atoms with van der Waals surface area (Å²) in [6, 6.07) is -2.58. The third-order valence-electron chi connectivity index (χ3n) is 4.09. The van der Waals surface area contributed by atoms with Crippen LogP contribution in [0, 0.1) is 11.8 Å². The van der Waals surface area contributed by atoms with E-state index in [-0.39, 0.29) is 26.0 Å². The van der Waals surface area contributed by atoms with Gasteiger partial charge in [-0.05, 0) is 19.9 Å². The quantitative estimate of drug-likeness (QED) is 0.269. The predicted octanol–water partition coefficient (Wildman–Crippen LogP) is -0.455. The van der Waals surface area contributed by atoms with E-state index in [1.807, 2.05) is 0 Å². The Morgan fingerprint density at radius 2 is 2.13 bits per heavy atom. The van der Waals surface area contributed by atoms with Crippen LogP contribution in [0.4, 0.5) is 13.2 Å². The summed E-state index contributed by atoms with van der Waals surface area (Å²) in [5.41, 5.74) is 5.52. The van der Waals surface area contributed by atoms with Crippen LogP contribution in [0.3, 0.4) is 0 Å². The molecule has 1 aliphatic heterocycles. The molecule has 5 atom stereocenters. The number of Topliss-reactive ketones (excluding diaryl/α,β-unsaturated/α-hetero) is 1. The minimum atomic E-state index is -4.41. The SMILES string of the molecule is CNC(O)C(CN)C(=O)C1CCC(C(F)(F)F)NC1COOC. The minimum Gasteiger partial charge on any atom is -0.378 e. The van der Waals surface area contributed by atoms with E-state index in [2.05, 4.69) is 15.5 Å². The summed E-state index contributed by atoms with van der Waals surface area (Å²) >= 11 is 0. The van der Waals surface area contributed by atoms with Crippen molar-refractivity contribution in [3.05, 3.63) is 0 Å². The Morgan fingerprint density at radius 1 is 1.48 bits per heavy atom. The van der Waals surface area contributed by atoms with E-state index in [1.165, 1.54) is 14.2 Å². The number of halogens is 3. The summed E-state index contributed by atoms with van der Waals surface area (Å²) in [5.74, 6) is -2.05. The molecule has 1 heterocycles. The van der Waals surface area contributed by atoms with Crippen molar-refractivity contribution < 1.29 is 32.8 Å². The van der Waals surface area contributed by atoms with Crippen molar-refractivity contribution in [3.63, 3.8) is 0 Å². The molecule has 10 heteroatoms. The lowest BCUT2D eigenvalue weighted by Gasteiger charge is -2.38. The first-order valence-corrected chi connectivity index (χ1v) is 7.33. The highest BCUT2D eigenvalue weighted by atomic mass is 19.4. The van der Waals surface area contributed by atoms with Crippen molar-refractivity contribution >= 4 is 5.78 Å². The molecule has 5 N–H and O–H groups in total. The first-order valence-electron chi connectivity index (χ1n) is 7.33. The fraction of sp³-hybridized carbons (Fsp3) is 0.923. The Kier molecular flexibility index (Phi) is 7.84. The Balaban J connectivity index is 2.87. The molecule has 0 amide bonds. The Labute approximate surface area is 132 Å². The molecule has 1 fully saturated rings. The van der Waals surface area contributed by atoms with E-state index < -0.39 is 42.1 Å². The molecular formula is C13H24F3N3O4. The maximum atomic E-state index is 12.9. The molecule has 0 aromatic carbocycles. The highest BCUT2D eigenvalue weighted by molar-refractivity contribution is 5.85. The van der Waals surface area contributed by atoms with Crippen molar-refractivity contribution in [2.75, 3.05) is 27.3 Å². The summed E-state index contributed by atoms with van der Waals surface area (Å²) in [7, 11) is 2.69. The van der Waals surface area contributed by atoms with E-state index >= 15 is 0 Å². The van der Waals surface area contributed by atoms with Gasteiger partial charge in [0.25, 0.3) is 0 Å². The zero-order chi connectivity index (χ0) is 17.6. The van der Waals surface area contributed by atoms with Crippen LogP contribution in [0.2, 0.25) is 0 Å². The lowest BCUT2D eigenvalue weighted by Crippen LogP contribution is -2.59. The smallest absolute Gasteiger partial charge is 0.378 e. The van der Waals surface area contributed by atoms with Crippen molar-refractivity contribution in [1.29, 1.82) is 0 Å². The normalized spacial score (nSPS) is 28.4. The number of aliphatic hydroxyl groups is 1. The number of carbonyl (C=O) groups is 1. The number of alkyl halides is 3. The molecular weight excluding hydrogens is 319 g/mol. The Morgan fingerprint density at radius 3 is 2.61 bits per heavy atom. The first kappa shape index (κ1) is 20.3. The first-order chi connectivity index (χ1) is 10.8. The summed E-state index contributed by atoms with van der Waals surface area (Å²) < 4.78 is 38.6. The summed E-state index contributed by atoms with van der Waals surface area (Å²) in [5, 5.41) is 14.7.